The predicted octanol–water partition coefficient (Wildman–Crippen LogP) is 3.09. The smallest absolute Gasteiger partial charge is 0.346 e. The number of nitro benzene ring substituents is 1. The van der Waals surface area contributed by atoms with Gasteiger partial charge in [0.25, 0.3) is 5.69 Å². The Balaban J connectivity index is 2.27. The highest BCUT2D eigenvalue weighted by Gasteiger charge is 2.15. The van der Waals surface area contributed by atoms with Gasteiger partial charge in [-0.3, -0.25) is 19.7 Å². The average molecular weight is 337 g/mol. The van der Waals surface area contributed by atoms with E-state index < -0.39 is 22.8 Å². The Morgan fingerprint density at radius 2 is 1.67 bits per heavy atom. The molecular weight excluding hydrogens is 318 g/mol. The summed E-state index contributed by atoms with van der Waals surface area (Å²) in [6.07, 6.45) is 3.66. The first-order valence-electron chi connectivity index (χ1n) is 7.61. The Hall–Kier alpha value is -2.77. The van der Waals surface area contributed by atoms with Crippen molar-refractivity contribution in [1.82, 2.24) is 0 Å². The minimum absolute atomic E-state index is 0.0498. The molecule has 1 N–H and O–H groups in total. The molecule has 0 saturated heterocycles. The molecule has 1 aromatic carbocycles. The Morgan fingerprint density at radius 3 is 2.29 bits per heavy atom. The molecule has 0 aromatic heterocycles. The molecule has 0 fully saturated rings. The van der Waals surface area contributed by atoms with Crippen molar-refractivity contribution < 1.29 is 29.2 Å². The molecule has 0 bridgehead atoms. The lowest BCUT2D eigenvalue weighted by molar-refractivity contribution is -0.384. The van der Waals surface area contributed by atoms with Gasteiger partial charge in [0.15, 0.2) is 0 Å². The fourth-order valence-electron chi connectivity index (χ4n) is 2.04. The number of carboxylic acids is 1. The van der Waals surface area contributed by atoms with E-state index in [1.54, 1.807) is 0 Å². The first-order valence-corrected chi connectivity index (χ1v) is 7.61. The molecule has 0 atom stereocenters. The van der Waals surface area contributed by atoms with Crippen molar-refractivity contribution in [3.63, 3.8) is 0 Å². The highest BCUT2D eigenvalue weighted by atomic mass is 16.6. The summed E-state index contributed by atoms with van der Waals surface area (Å²) in [5.74, 6) is -2.42. The molecule has 0 saturated carbocycles. The quantitative estimate of drug-likeness (QED) is 0.229. The van der Waals surface area contributed by atoms with Gasteiger partial charge >= 0.3 is 17.9 Å². The first-order chi connectivity index (χ1) is 11.4. The van der Waals surface area contributed by atoms with E-state index in [0.717, 1.165) is 25.3 Å². The van der Waals surface area contributed by atoms with Gasteiger partial charge in [-0.2, -0.15) is 0 Å². The molecule has 8 nitrogen and oxygen atoms in total. The number of carbonyl (C=O) groups is 3. The Labute approximate surface area is 138 Å². The van der Waals surface area contributed by atoms with Crippen molar-refractivity contribution in [2.45, 2.75) is 44.9 Å². The number of carboxylic acid groups (broad SMARTS) is 1. The lowest BCUT2D eigenvalue weighted by Crippen LogP contribution is -2.12. The van der Waals surface area contributed by atoms with E-state index >= 15 is 0 Å². The van der Waals surface area contributed by atoms with E-state index in [9.17, 15) is 24.5 Å². The van der Waals surface area contributed by atoms with E-state index in [1.807, 2.05) is 0 Å². The summed E-state index contributed by atoms with van der Waals surface area (Å²) < 4.78 is 4.65. The molecule has 0 spiro atoms. The maximum Gasteiger partial charge on any atom is 0.346 e. The summed E-state index contributed by atoms with van der Waals surface area (Å²) in [5, 5.41) is 19.1. The lowest BCUT2D eigenvalue weighted by Gasteiger charge is -2.03. The van der Waals surface area contributed by atoms with Crippen molar-refractivity contribution in [3.05, 3.63) is 39.9 Å². The summed E-state index contributed by atoms with van der Waals surface area (Å²) in [6.45, 7) is 0. The Kier molecular flexibility index (Phi) is 8.10. The fraction of sp³-hybridized carbons (Fsp3) is 0.438. The van der Waals surface area contributed by atoms with E-state index in [-0.39, 0.29) is 24.1 Å². The number of hydrogen-bond acceptors (Lipinski definition) is 6. The first kappa shape index (κ1) is 19.3. The van der Waals surface area contributed by atoms with Crippen LogP contribution in [0.2, 0.25) is 0 Å². The van der Waals surface area contributed by atoms with Crippen molar-refractivity contribution in [2.24, 2.45) is 0 Å². The van der Waals surface area contributed by atoms with Crippen LogP contribution in [0.15, 0.2) is 24.3 Å². The number of nitro groups is 1. The van der Waals surface area contributed by atoms with Gasteiger partial charge in [-0.15, -0.1) is 0 Å². The molecule has 0 amide bonds. The zero-order valence-electron chi connectivity index (χ0n) is 13.1. The monoisotopic (exact) mass is 337 g/mol. The van der Waals surface area contributed by atoms with Gasteiger partial charge in [0.1, 0.15) is 0 Å². The van der Waals surface area contributed by atoms with Crippen LogP contribution in [0.3, 0.4) is 0 Å². The second-order valence-corrected chi connectivity index (χ2v) is 5.23. The van der Waals surface area contributed by atoms with Crippen LogP contribution in [-0.4, -0.2) is 27.9 Å². The highest BCUT2D eigenvalue weighted by molar-refractivity contribution is 5.97. The second-order valence-electron chi connectivity index (χ2n) is 5.23. The number of nitrogens with zero attached hydrogens (tertiary/aromatic N) is 1. The maximum atomic E-state index is 11.7. The average Bonchev–Trinajstić information content (AvgIpc) is 2.53. The van der Waals surface area contributed by atoms with Crippen molar-refractivity contribution in [3.8, 4) is 0 Å². The number of benzene rings is 1. The largest absolute Gasteiger partial charge is 0.481 e. The third kappa shape index (κ3) is 7.48. The number of aliphatic carboxylic acids is 1. The van der Waals surface area contributed by atoms with Gasteiger partial charge in [0.05, 0.1) is 10.5 Å². The molecule has 130 valence electrons. The predicted molar refractivity (Wildman–Crippen MR) is 83.5 cm³/mol. The molecule has 0 unspecified atom stereocenters. The molecular formula is C16H19NO7. The Bertz CT molecular complexity index is 612. The number of esters is 2. The molecule has 0 aliphatic carbocycles. The van der Waals surface area contributed by atoms with Crippen LogP contribution in [0.25, 0.3) is 0 Å². The zero-order chi connectivity index (χ0) is 17.9. The van der Waals surface area contributed by atoms with Gasteiger partial charge in [-0.1, -0.05) is 25.3 Å². The lowest BCUT2D eigenvalue weighted by atomic mass is 10.1. The molecule has 1 rings (SSSR count). The molecule has 8 heteroatoms. The summed E-state index contributed by atoms with van der Waals surface area (Å²) in [6, 6.07) is 4.97. The van der Waals surface area contributed by atoms with E-state index in [2.05, 4.69) is 4.74 Å². The van der Waals surface area contributed by atoms with Gasteiger partial charge in [-0.05, 0) is 18.9 Å². The van der Waals surface area contributed by atoms with Crippen molar-refractivity contribution in [1.29, 1.82) is 0 Å². The van der Waals surface area contributed by atoms with Crippen molar-refractivity contribution >= 4 is 23.6 Å². The third-order valence-corrected chi connectivity index (χ3v) is 3.27. The molecule has 0 radical (unpaired) electrons. The standard InChI is InChI=1S/C16H19NO7/c18-14(19)9-4-2-1-3-5-10-15(20)24-16(21)12-7-6-8-13(11-12)17(22)23/h6-8,11H,1-5,9-10H2,(H,18,19). The van der Waals surface area contributed by atoms with E-state index in [1.165, 1.54) is 18.2 Å². The van der Waals surface area contributed by atoms with Crippen molar-refractivity contribution in [2.75, 3.05) is 0 Å². The van der Waals surface area contributed by atoms with Gasteiger partial charge < -0.3 is 9.84 Å². The van der Waals surface area contributed by atoms with Crippen LogP contribution in [0.5, 0.6) is 0 Å². The highest BCUT2D eigenvalue weighted by Crippen LogP contribution is 2.14. The van der Waals surface area contributed by atoms with Crippen LogP contribution in [0.4, 0.5) is 5.69 Å². The second kappa shape index (κ2) is 10.1. The summed E-state index contributed by atoms with van der Waals surface area (Å²) in [5.41, 5.74) is -0.301. The molecule has 24 heavy (non-hydrogen) atoms. The number of hydrogen-bond donors (Lipinski definition) is 1. The number of non-ortho nitro benzene ring substituents is 1. The molecule has 1 aromatic rings. The normalized spacial score (nSPS) is 10.2. The van der Waals surface area contributed by atoms with E-state index in [4.69, 9.17) is 5.11 Å². The topological polar surface area (TPSA) is 124 Å². The van der Waals surface area contributed by atoms with Crippen LogP contribution >= 0.6 is 0 Å². The summed E-state index contributed by atoms with van der Waals surface area (Å²) in [4.78, 5) is 43.6. The number of rotatable bonds is 10. The minimum atomic E-state index is -0.912. The third-order valence-electron chi connectivity index (χ3n) is 3.27. The number of unbranched alkanes of at least 4 members (excludes halogenated alkanes) is 4. The molecule has 0 heterocycles. The van der Waals surface area contributed by atoms with Crippen LogP contribution in [0.1, 0.15) is 55.3 Å². The molecule has 0 aliphatic heterocycles. The SMILES string of the molecule is O=C(O)CCCCCCCC(=O)OC(=O)c1cccc([N+](=O)[O-])c1. The van der Waals surface area contributed by atoms with Crippen LogP contribution in [0, 0.1) is 10.1 Å². The maximum absolute atomic E-state index is 11.7. The fourth-order valence-corrected chi connectivity index (χ4v) is 2.04. The number of ether oxygens (including phenoxy) is 1. The minimum Gasteiger partial charge on any atom is -0.481 e. The summed E-state index contributed by atoms with van der Waals surface area (Å²) in [7, 11) is 0. The van der Waals surface area contributed by atoms with Gasteiger partial charge in [0.2, 0.25) is 0 Å². The summed E-state index contributed by atoms with van der Waals surface area (Å²) >= 11 is 0. The van der Waals surface area contributed by atoms with Gasteiger partial charge in [0, 0.05) is 25.0 Å². The Morgan fingerprint density at radius 1 is 1.04 bits per heavy atom. The van der Waals surface area contributed by atoms with Crippen LogP contribution < -0.4 is 0 Å². The number of carbonyl (C=O) groups excluding carboxylic acids is 2. The zero-order valence-corrected chi connectivity index (χ0v) is 13.1. The van der Waals surface area contributed by atoms with Crippen LogP contribution in [-0.2, 0) is 14.3 Å². The van der Waals surface area contributed by atoms with Gasteiger partial charge in [-0.25, -0.2) is 4.79 Å². The molecule has 0 aliphatic rings. The van der Waals surface area contributed by atoms with E-state index in [0.29, 0.717) is 12.8 Å².